The van der Waals surface area contributed by atoms with Gasteiger partial charge in [-0.3, -0.25) is 14.6 Å². The summed E-state index contributed by atoms with van der Waals surface area (Å²) in [5, 5.41) is 9.05. The van der Waals surface area contributed by atoms with Gasteiger partial charge in [0.05, 0.1) is 6.26 Å². The van der Waals surface area contributed by atoms with E-state index in [1.54, 1.807) is 50.3 Å². The molecule has 2 aromatic rings. The lowest BCUT2D eigenvalue weighted by Gasteiger charge is -2.13. The average molecular weight is 371 g/mol. The predicted octanol–water partition coefficient (Wildman–Crippen LogP) is 1.08. The van der Waals surface area contributed by atoms with Gasteiger partial charge in [-0.05, 0) is 29.8 Å². The van der Waals surface area contributed by atoms with E-state index in [0.717, 1.165) is 5.56 Å². The van der Waals surface area contributed by atoms with Crippen LogP contribution in [0.1, 0.15) is 26.5 Å². The highest BCUT2D eigenvalue weighted by atomic mass is 16.3. The summed E-state index contributed by atoms with van der Waals surface area (Å²) in [4.78, 5) is 29.3. The molecule has 0 fully saturated rings. The number of aliphatic imine (C=N–C) groups is 1. The van der Waals surface area contributed by atoms with Gasteiger partial charge in [0.25, 0.3) is 11.8 Å². The van der Waals surface area contributed by atoms with Crippen LogP contribution in [0, 0.1) is 0 Å². The van der Waals surface area contributed by atoms with E-state index in [9.17, 15) is 9.59 Å². The summed E-state index contributed by atoms with van der Waals surface area (Å²) < 4.78 is 5.03. The highest BCUT2D eigenvalue weighted by Gasteiger charge is 2.08. The van der Waals surface area contributed by atoms with E-state index in [-0.39, 0.29) is 17.6 Å². The van der Waals surface area contributed by atoms with Gasteiger partial charge >= 0.3 is 0 Å². The van der Waals surface area contributed by atoms with Crippen LogP contribution >= 0.6 is 0 Å². The molecule has 0 bridgehead atoms. The topological polar surface area (TPSA) is 99.0 Å². The number of hydrogen-bond donors (Lipinski definition) is 3. The van der Waals surface area contributed by atoms with E-state index >= 15 is 0 Å². The van der Waals surface area contributed by atoms with Crippen LogP contribution in [0.25, 0.3) is 0 Å². The molecule has 8 nitrogen and oxygen atoms in total. The number of benzene rings is 1. The van der Waals surface area contributed by atoms with Gasteiger partial charge in [0, 0.05) is 46.3 Å². The minimum Gasteiger partial charge on any atom is -0.459 e. The minimum atomic E-state index is -0.253. The molecule has 3 N–H and O–H groups in total. The number of guanidine groups is 1. The maximum absolute atomic E-state index is 11.9. The van der Waals surface area contributed by atoms with Gasteiger partial charge in [-0.2, -0.15) is 0 Å². The zero-order valence-corrected chi connectivity index (χ0v) is 15.8. The Balaban J connectivity index is 1.72. The Morgan fingerprint density at radius 2 is 1.74 bits per heavy atom. The van der Waals surface area contributed by atoms with Crippen LogP contribution in [-0.2, 0) is 6.54 Å². The molecule has 0 unspecified atom stereocenters. The largest absolute Gasteiger partial charge is 0.459 e. The zero-order valence-electron chi connectivity index (χ0n) is 15.8. The quantitative estimate of drug-likeness (QED) is 0.384. The molecule has 0 saturated heterocycles. The lowest BCUT2D eigenvalue weighted by atomic mass is 10.1. The van der Waals surface area contributed by atoms with Crippen LogP contribution in [0.5, 0.6) is 0 Å². The van der Waals surface area contributed by atoms with Crippen molar-refractivity contribution in [3.8, 4) is 0 Å². The number of carbonyl (C=O) groups is 2. The molecule has 1 aromatic heterocycles. The smallest absolute Gasteiger partial charge is 0.287 e. The Morgan fingerprint density at radius 3 is 2.33 bits per heavy atom. The molecule has 1 heterocycles. The molecule has 0 radical (unpaired) electrons. The SMILES string of the molecule is CN=C(NCCNC(=O)c1ccco1)NCc1ccc(C(=O)N(C)C)cc1. The van der Waals surface area contributed by atoms with Gasteiger partial charge < -0.3 is 25.3 Å². The van der Waals surface area contributed by atoms with Crippen LogP contribution in [0.15, 0.2) is 52.1 Å². The summed E-state index contributed by atoms with van der Waals surface area (Å²) in [7, 11) is 5.13. The molecule has 2 amide bonds. The Hall–Kier alpha value is -3.29. The van der Waals surface area contributed by atoms with E-state index in [1.807, 2.05) is 12.1 Å². The summed E-state index contributed by atoms with van der Waals surface area (Å²) in [5.41, 5.74) is 1.68. The van der Waals surface area contributed by atoms with Crippen molar-refractivity contribution in [3.05, 3.63) is 59.5 Å². The first kappa shape index (κ1) is 20.0. The van der Waals surface area contributed by atoms with E-state index in [2.05, 4.69) is 20.9 Å². The first-order valence-electron chi connectivity index (χ1n) is 8.58. The van der Waals surface area contributed by atoms with E-state index in [4.69, 9.17) is 4.42 Å². The molecule has 0 aliphatic carbocycles. The molecule has 0 spiro atoms. The molecule has 8 heteroatoms. The van der Waals surface area contributed by atoms with E-state index < -0.39 is 0 Å². The maximum atomic E-state index is 11.9. The standard InChI is InChI=1S/C19H25N5O3/c1-20-19(22-11-10-21-17(25)16-5-4-12-27-16)23-13-14-6-8-15(9-7-14)18(26)24(2)3/h4-9,12H,10-11,13H2,1-3H3,(H,21,25)(H2,20,22,23). The fourth-order valence-corrected chi connectivity index (χ4v) is 2.28. The molecule has 144 valence electrons. The molecule has 0 aliphatic heterocycles. The van der Waals surface area contributed by atoms with Crippen LogP contribution < -0.4 is 16.0 Å². The van der Waals surface area contributed by atoms with Gasteiger partial charge in [0.1, 0.15) is 0 Å². The van der Waals surface area contributed by atoms with Crippen molar-refractivity contribution in [2.45, 2.75) is 6.54 Å². The number of rotatable bonds is 7. The molecule has 0 atom stereocenters. The van der Waals surface area contributed by atoms with Gasteiger partial charge in [0.15, 0.2) is 11.7 Å². The molecule has 1 aromatic carbocycles. The highest BCUT2D eigenvalue weighted by Crippen LogP contribution is 2.06. The fraction of sp³-hybridized carbons (Fsp3) is 0.316. The van der Waals surface area contributed by atoms with Crippen molar-refractivity contribution in [1.82, 2.24) is 20.9 Å². The zero-order chi connectivity index (χ0) is 19.6. The third-order valence-electron chi connectivity index (χ3n) is 3.74. The van der Waals surface area contributed by atoms with Gasteiger partial charge in [-0.25, -0.2) is 0 Å². The second-order valence-corrected chi connectivity index (χ2v) is 5.98. The normalized spacial score (nSPS) is 11.0. The Bertz CT molecular complexity index is 767. The van der Waals surface area contributed by atoms with Crippen LogP contribution in [0.4, 0.5) is 0 Å². The average Bonchev–Trinajstić information content (AvgIpc) is 3.22. The maximum Gasteiger partial charge on any atom is 0.287 e. The number of furan rings is 1. The monoisotopic (exact) mass is 371 g/mol. The number of nitrogens with zero attached hydrogens (tertiary/aromatic N) is 2. The molecular weight excluding hydrogens is 346 g/mol. The van der Waals surface area contributed by atoms with Gasteiger partial charge in [-0.1, -0.05) is 12.1 Å². The summed E-state index contributed by atoms with van der Waals surface area (Å²) >= 11 is 0. The van der Waals surface area contributed by atoms with Crippen molar-refractivity contribution in [2.24, 2.45) is 4.99 Å². The lowest BCUT2D eigenvalue weighted by molar-refractivity contribution is 0.0827. The van der Waals surface area contributed by atoms with Crippen LogP contribution in [0.2, 0.25) is 0 Å². The summed E-state index contributed by atoms with van der Waals surface area (Å²) in [5.74, 6) is 0.630. The lowest BCUT2D eigenvalue weighted by Crippen LogP contribution is -2.41. The third kappa shape index (κ3) is 6.18. The van der Waals surface area contributed by atoms with Crippen molar-refractivity contribution in [3.63, 3.8) is 0 Å². The molecule has 0 saturated carbocycles. The summed E-state index contributed by atoms with van der Waals surface area (Å²) in [6, 6.07) is 10.7. The number of hydrogen-bond acceptors (Lipinski definition) is 4. The van der Waals surface area contributed by atoms with E-state index in [0.29, 0.717) is 31.2 Å². The molecular formula is C19H25N5O3. The molecule has 27 heavy (non-hydrogen) atoms. The predicted molar refractivity (Wildman–Crippen MR) is 104 cm³/mol. The van der Waals surface area contributed by atoms with Gasteiger partial charge in [0.2, 0.25) is 0 Å². The highest BCUT2D eigenvalue weighted by molar-refractivity contribution is 5.94. The first-order valence-corrected chi connectivity index (χ1v) is 8.58. The second-order valence-electron chi connectivity index (χ2n) is 5.98. The Labute approximate surface area is 158 Å². The number of carbonyl (C=O) groups excluding carboxylic acids is 2. The number of nitrogens with one attached hydrogen (secondary N) is 3. The Morgan fingerprint density at radius 1 is 1.04 bits per heavy atom. The van der Waals surface area contributed by atoms with Crippen molar-refractivity contribution < 1.29 is 14.0 Å². The summed E-state index contributed by atoms with van der Waals surface area (Å²) in [6.07, 6.45) is 1.46. The fourth-order valence-electron chi connectivity index (χ4n) is 2.28. The molecule has 0 aliphatic rings. The first-order chi connectivity index (χ1) is 13.0. The van der Waals surface area contributed by atoms with Crippen molar-refractivity contribution >= 4 is 17.8 Å². The molecule has 2 rings (SSSR count). The van der Waals surface area contributed by atoms with Crippen LogP contribution in [-0.4, -0.2) is 56.9 Å². The third-order valence-corrected chi connectivity index (χ3v) is 3.74. The van der Waals surface area contributed by atoms with Gasteiger partial charge in [-0.15, -0.1) is 0 Å². The van der Waals surface area contributed by atoms with Crippen molar-refractivity contribution in [1.29, 1.82) is 0 Å². The Kier molecular flexibility index (Phi) is 7.42. The van der Waals surface area contributed by atoms with Crippen LogP contribution in [0.3, 0.4) is 0 Å². The minimum absolute atomic E-state index is 0.0245. The summed E-state index contributed by atoms with van der Waals surface area (Å²) in [6.45, 7) is 1.51. The number of amides is 2. The second kappa shape index (κ2) is 10.0. The van der Waals surface area contributed by atoms with E-state index in [1.165, 1.54) is 6.26 Å². The van der Waals surface area contributed by atoms with Crippen molar-refractivity contribution in [2.75, 3.05) is 34.2 Å².